The van der Waals surface area contributed by atoms with Gasteiger partial charge in [0.25, 0.3) is 15.9 Å². The molecule has 0 aliphatic heterocycles. The minimum Gasteiger partial charge on any atom is -0.465 e. The number of ether oxygens (including phenoxy) is 1. The van der Waals surface area contributed by atoms with E-state index in [1.807, 2.05) is 26.0 Å². The van der Waals surface area contributed by atoms with Gasteiger partial charge in [-0.25, -0.2) is 12.8 Å². The van der Waals surface area contributed by atoms with E-state index in [0.717, 1.165) is 45.6 Å². The van der Waals surface area contributed by atoms with Gasteiger partial charge in [-0.3, -0.25) is 14.3 Å². The van der Waals surface area contributed by atoms with Crippen molar-refractivity contribution in [3.63, 3.8) is 0 Å². The summed E-state index contributed by atoms with van der Waals surface area (Å²) in [6, 6.07) is 14.2. The standard InChI is InChI=1S/C26H24FN3O5S2/c1-4-35-23(31)15-30-22-13-16(2)12-17(3)24(22)36-26(30)28-25(32)18-6-5-7-20(14-18)29-37(33,34)21-10-8-19(27)9-11-21/h5-14,29H,4,15H2,1-3H3. The lowest BCUT2D eigenvalue weighted by Gasteiger charge is -2.09. The third-order valence-electron chi connectivity index (χ3n) is 5.39. The zero-order chi connectivity index (χ0) is 26.7. The highest BCUT2D eigenvalue weighted by Gasteiger charge is 2.17. The minimum atomic E-state index is -4.00. The van der Waals surface area contributed by atoms with E-state index >= 15 is 0 Å². The molecule has 1 amide bonds. The summed E-state index contributed by atoms with van der Waals surface area (Å²) in [5.41, 5.74) is 3.05. The Kier molecular flexibility index (Phi) is 7.55. The van der Waals surface area contributed by atoms with E-state index in [0.29, 0.717) is 4.80 Å². The topological polar surface area (TPSA) is 107 Å². The molecule has 0 fully saturated rings. The maximum absolute atomic E-state index is 13.2. The van der Waals surface area contributed by atoms with E-state index in [4.69, 9.17) is 4.74 Å². The summed E-state index contributed by atoms with van der Waals surface area (Å²) in [5.74, 6) is -1.62. The SMILES string of the molecule is CCOC(=O)Cn1c(=NC(=O)c2cccc(NS(=O)(=O)c3ccc(F)cc3)c2)sc2c(C)cc(C)cc21. The van der Waals surface area contributed by atoms with Crippen molar-refractivity contribution in [1.82, 2.24) is 4.57 Å². The smallest absolute Gasteiger partial charge is 0.326 e. The summed E-state index contributed by atoms with van der Waals surface area (Å²) in [6.07, 6.45) is 0. The number of fused-ring (bicyclic) bond motifs is 1. The molecule has 0 aliphatic carbocycles. The Morgan fingerprint density at radius 3 is 2.51 bits per heavy atom. The number of hydrogen-bond acceptors (Lipinski definition) is 6. The molecule has 0 unspecified atom stereocenters. The molecule has 37 heavy (non-hydrogen) atoms. The largest absolute Gasteiger partial charge is 0.465 e. The first-order valence-corrected chi connectivity index (χ1v) is 13.6. The molecule has 8 nitrogen and oxygen atoms in total. The zero-order valence-corrected chi connectivity index (χ0v) is 22.0. The highest BCUT2D eigenvalue weighted by atomic mass is 32.2. The fourth-order valence-electron chi connectivity index (χ4n) is 3.78. The number of sulfonamides is 1. The number of hydrogen-bond donors (Lipinski definition) is 1. The summed E-state index contributed by atoms with van der Waals surface area (Å²) < 4.78 is 48.5. The number of anilines is 1. The summed E-state index contributed by atoms with van der Waals surface area (Å²) in [6.45, 7) is 5.72. The maximum atomic E-state index is 13.2. The quantitative estimate of drug-likeness (QED) is 0.345. The highest BCUT2D eigenvalue weighted by molar-refractivity contribution is 7.92. The van der Waals surface area contributed by atoms with Crippen molar-refractivity contribution < 1.29 is 27.1 Å². The van der Waals surface area contributed by atoms with Crippen LogP contribution in [0.25, 0.3) is 10.2 Å². The third kappa shape index (κ3) is 5.95. The predicted octanol–water partition coefficient (Wildman–Crippen LogP) is 4.56. The number of thiazole rings is 1. The van der Waals surface area contributed by atoms with Gasteiger partial charge >= 0.3 is 5.97 Å². The first-order chi connectivity index (χ1) is 17.6. The molecule has 4 aromatic rings. The average molecular weight is 542 g/mol. The van der Waals surface area contributed by atoms with E-state index in [2.05, 4.69) is 9.71 Å². The second kappa shape index (κ2) is 10.7. The van der Waals surface area contributed by atoms with Gasteiger partial charge in [-0.2, -0.15) is 4.99 Å². The molecule has 0 atom stereocenters. The molecule has 1 heterocycles. The van der Waals surface area contributed by atoms with Crippen LogP contribution in [0.15, 0.2) is 70.6 Å². The van der Waals surface area contributed by atoms with E-state index in [-0.39, 0.29) is 29.3 Å². The first kappa shape index (κ1) is 26.2. The number of esters is 1. The van der Waals surface area contributed by atoms with E-state index < -0.39 is 27.7 Å². The molecule has 1 N–H and O–H groups in total. The number of carbonyl (C=O) groups excluding carboxylic acids is 2. The average Bonchev–Trinajstić information content (AvgIpc) is 3.16. The number of halogens is 1. The van der Waals surface area contributed by atoms with Crippen LogP contribution in [0.4, 0.5) is 10.1 Å². The molecule has 192 valence electrons. The van der Waals surface area contributed by atoms with E-state index in [1.165, 1.54) is 35.6 Å². The molecule has 0 aliphatic rings. The lowest BCUT2D eigenvalue weighted by molar-refractivity contribution is -0.143. The van der Waals surface area contributed by atoms with Crippen molar-refractivity contribution in [1.29, 1.82) is 0 Å². The van der Waals surface area contributed by atoms with Gasteiger partial charge in [0.05, 0.1) is 21.7 Å². The molecule has 0 spiro atoms. The highest BCUT2D eigenvalue weighted by Crippen LogP contribution is 2.24. The Hall–Kier alpha value is -3.83. The van der Waals surface area contributed by atoms with Crippen LogP contribution in [0.3, 0.4) is 0 Å². The number of nitrogens with zero attached hydrogens (tertiary/aromatic N) is 2. The molecule has 0 saturated carbocycles. The van der Waals surface area contributed by atoms with Gasteiger partial charge in [-0.15, -0.1) is 0 Å². The Labute approximate surface area is 217 Å². The van der Waals surface area contributed by atoms with Crippen LogP contribution in [0.5, 0.6) is 0 Å². The summed E-state index contributed by atoms with van der Waals surface area (Å²) in [4.78, 5) is 29.9. The van der Waals surface area contributed by atoms with Crippen molar-refractivity contribution in [3.8, 4) is 0 Å². The van der Waals surface area contributed by atoms with Crippen LogP contribution in [-0.2, 0) is 26.1 Å². The molecular formula is C26H24FN3O5S2. The van der Waals surface area contributed by atoms with Crippen LogP contribution < -0.4 is 9.52 Å². The fourth-order valence-corrected chi connectivity index (χ4v) is 5.91. The molecule has 0 bridgehead atoms. The number of aryl methyl sites for hydroxylation is 2. The molecule has 1 aromatic heterocycles. The lowest BCUT2D eigenvalue weighted by Crippen LogP contribution is -2.23. The van der Waals surface area contributed by atoms with Gasteiger partial charge in [0.1, 0.15) is 12.4 Å². The second-order valence-electron chi connectivity index (χ2n) is 8.26. The van der Waals surface area contributed by atoms with Crippen molar-refractivity contribution in [2.45, 2.75) is 32.2 Å². The first-order valence-electron chi connectivity index (χ1n) is 11.3. The van der Waals surface area contributed by atoms with Gasteiger partial charge < -0.3 is 9.30 Å². The Morgan fingerprint density at radius 1 is 1.08 bits per heavy atom. The van der Waals surface area contributed by atoms with Crippen LogP contribution in [-0.4, -0.2) is 31.5 Å². The Balaban J connectivity index is 1.71. The predicted molar refractivity (Wildman–Crippen MR) is 139 cm³/mol. The summed E-state index contributed by atoms with van der Waals surface area (Å²) >= 11 is 1.28. The molecule has 3 aromatic carbocycles. The maximum Gasteiger partial charge on any atom is 0.326 e. The van der Waals surface area contributed by atoms with Gasteiger partial charge in [0.2, 0.25) is 0 Å². The van der Waals surface area contributed by atoms with Crippen LogP contribution >= 0.6 is 11.3 Å². The van der Waals surface area contributed by atoms with Gasteiger partial charge in [0.15, 0.2) is 4.80 Å². The second-order valence-corrected chi connectivity index (χ2v) is 10.9. The Bertz CT molecular complexity index is 1670. The van der Waals surface area contributed by atoms with Crippen LogP contribution in [0.2, 0.25) is 0 Å². The van der Waals surface area contributed by atoms with Gasteiger partial charge in [0, 0.05) is 11.3 Å². The summed E-state index contributed by atoms with van der Waals surface area (Å²) in [5, 5.41) is 0. The Morgan fingerprint density at radius 2 is 1.81 bits per heavy atom. The number of amides is 1. The van der Waals surface area contributed by atoms with E-state index in [9.17, 15) is 22.4 Å². The van der Waals surface area contributed by atoms with Gasteiger partial charge in [-0.05, 0) is 80.4 Å². The monoisotopic (exact) mass is 541 g/mol. The third-order valence-corrected chi connectivity index (χ3v) is 8.02. The number of rotatable bonds is 7. The number of nitrogens with one attached hydrogen (secondary N) is 1. The molecule has 0 radical (unpaired) electrons. The molecule has 0 saturated heterocycles. The number of carbonyl (C=O) groups is 2. The van der Waals surface area contributed by atoms with Crippen LogP contribution in [0, 0.1) is 19.7 Å². The zero-order valence-electron chi connectivity index (χ0n) is 20.3. The normalized spacial score (nSPS) is 12.1. The van der Waals surface area contributed by atoms with Crippen molar-refractivity contribution in [2.75, 3.05) is 11.3 Å². The number of aromatic nitrogens is 1. The molecule has 4 rings (SSSR count). The van der Waals surface area contributed by atoms with Crippen molar-refractivity contribution >= 4 is 49.1 Å². The molecule has 11 heteroatoms. The molecular weight excluding hydrogens is 517 g/mol. The fraction of sp³-hybridized carbons (Fsp3) is 0.192. The van der Waals surface area contributed by atoms with Crippen molar-refractivity contribution in [3.05, 3.63) is 88.0 Å². The van der Waals surface area contributed by atoms with Gasteiger partial charge in [-0.1, -0.05) is 23.5 Å². The van der Waals surface area contributed by atoms with E-state index in [1.54, 1.807) is 11.5 Å². The van der Waals surface area contributed by atoms with Crippen LogP contribution in [0.1, 0.15) is 28.4 Å². The lowest BCUT2D eigenvalue weighted by atomic mass is 10.1. The number of benzene rings is 3. The van der Waals surface area contributed by atoms with Crippen molar-refractivity contribution in [2.24, 2.45) is 4.99 Å². The minimum absolute atomic E-state index is 0.111. The summed E-state index contributed by atoms with van der Waals surface area (Å²) in [7, 11) is -4.00.